The Kier molecular flexibility index (Phi) is 3.76. The summed E-state index contributed by atoms with van der Waals surface area (Å²) in [6.45, 7) is 2.83. The van der Waals surface area contributed by atoms with Crippen molar-refractivity contribution < 1.29 is 0 Å². The van der Waals surface area contributed by atoms with Crippen LogP contribution in [0.5, 0.6) is 0 Å². The normalized spacial score (nSPS) is 11.6. The molecule has 0 atom stereocenters. The van der Waals surface area contributed by atoms with Gasteiger partial charge in [0.1, 0.15) is 16.3 Å². The summed E-state index contributed by atoms with van der Waals surface area (Å²) in [4.78, 5) is 9.11. The van der Waals surface area contributed by atoms with Crippen molar-refractivity contribution in [3.8, 4) is 0 Å². The minimum absolute atomic E-state index is 0.566. The van der Waals surface area contributed by atoms with Gasteiger partial charge in [-0.15, -0.1) is 22.9 Å². The average molecular weight is 310 g/mol. The molecular weight excluding hydrogens is 294 g/mol. The number of alkyl halides is 1. The lowest BCUT2D eigenvalue weighted by Gasteiger charge is -2.06. The maximum absolute atomic E-state index is 5.91. The fourth-order valence-corrected chi connectivity index (χ4v) is 3.21. The number of hydrogen-bond acceptors (Lipinski definition) is 4. The molecule has 20 heavy (non-hydrogen) atoms. The third kappa shape index (κ3) is 2.23. The van der Waals surface area contributed by atoms with E-state index in [2.05, 4.69) is 21.6 Å². The van der Waals surface area contributed by atoms with Crippen LogP contribution in [0.4, 0.5) is 0 Å². The van der Waals surface area contributed by atoms with E-state index >= 15 is 0 Å². The van der Waals surface area contributed by atoms with Crippen LogP contribution in [0.15, 0.2) is 11.6 Å². The number of fused-ring (bicyclic) bond motifs is 1. The second-order valence-corrected chi connectivity index (χ2v) is 5.93. The first-order chi connectivity index (χ1) is 9.74. The van der Waals surface area contributed by atoms with Crippen LogP contribution < -0.4 is 0 Å². The Balaban J connectivity index is 2.15. The van der Waals surface area contributed by atoms with Crippen LogP contribution in [0, 0.1) is 0 Å². The average Bonchev–Trinajstić information content (AvgIpc) is 3.11. The number of imidazole rings is 1. The van der Waals surface area contributed by atoms with Gasteiger partial charge in [0.15, 0.2) is 5.65 Å². The molecule has 0 aliphatic rings. The first-order valence-corrected chi connectivity index (χ1v) is 8.01. The van der Waals surface area contributed by atoms with Gasteiger partial charge in [-0.25, -0.2) is 9.97 Å². The van der Waals surface area contributed by atoms with E-state index in [9.17, 15) is 0 Å². The molecule has 7 heteroatoms. The Bertz CT molecular complexity index is 713. The van der Waals surface area contributed by atoms with Crippen LogP contribution in [0.1, 0.15) is 23.4 Å². The van der Waals surface area contributed by atoms with Crippen molar-refractivity contribution in [3.63, 3.8) is 0 Å². The molecule has 0 N–H and O–H groups in total. The van der Waals surface area contributed by atoms with E-state index in [1.165, 1.54) is 0 Å². The largest absolute Gasteiger partial charge is 0.306 e. The van der Waals surface area contributed by atoms with E-state index in [0.717, 1.165) is 47.1 Å². The van der Waals surface area contributed by atoms with Crippen LogP contribution in [0.25, 0.3) is 11.2 Å². The second kappa shape index (κ2) is 5.54. The molecule has 0 aliphatic heterocycles. The van der Waals surface area contributed by atoms with Gasteiger partial charge in [-0.05, 0) is 6.42 Å². The Morgan fingerprint density at radius 2 is 2.25 bits per heavy atom. The van der Waals surface area contributed by atoms with E-state index in [0.29, 0.717) is 5.88 Å². The van der Waals surface area contributed by atoms with Crippen molar-refractivity contribution in [2.75, 3.05) is 5.88 Å². The summed E-state index contributed by atoms with van der Waals surface area (Å²) in [5.41, 5.74) is 3.08. The molecule has 0 aromatic carbocycles. The van der Waals surface area contributed by atoms with Gasteiger partial charge in [-0.1, -0.05) is 6.92 Å². The number of aromatic nitrogens is 5. The summed E-state index contributed by atoms with van der Waals surface area (Å²) in [6.07, 6.45) is 3.47. The van der Waals surface area contributed by atoms with Crippen molar-refractivity contribution in [1.29, 1.82) is 0 Å². The molecule has 0 fully saturated rings. The minimum Gasteiger partial charge on any atom is -0.306 e. The maximum atomic E-state index is 5.91. The van der Waals surface area contributed by atoms with Crippen molar-refractivity contribution in [1.82, 2.24) is 24.3 Å². The van der Waals surface area contributed by atoms with Crippen LogP contribution >= 0.6 is 22.9 Å². The minimum atomic E-state index is 0.566. The van der Waals surface area contributed by atoms with Crippen LogP contribution in [0.2, 0.25) is 0 Å². The quantitative estimate of drug-likeness (QED) is 0.681. The summed E-state index contributed by atoms with van der Waals surface area (Å²) in [5.74, 6) is 1.57. The molecule has 0 spiro atoms. The lowest BCUT2D eigenvalue weighted by molar-refractivity contribution is 0.686. The van der Waals surface area contributed by atoms with Crippen LogP contribution in [-0.4, -0.2) is 30.2 Å². The van der Waals surface area contributed by atoms with Gasteiger partial charge in [-0.2, -0.15) is 5.10 Å². The van der Waals surface area contributed by atoms with E-state index in [-0.39, 0.29) is 0 Å². The molecule has 0 aliphatic carbocycles. The van der Waals surface area contributed by atoms with Crippen LogP contribution in [-0.2, 0) is 26.4 Å². The highest BCUT2D eigenvalue weighted by Crippen LogP contribution is 2.22. The van der Waals surface area contributed by atoms with Gasteiger partial charge >= 0.3 is 0 Å². The van der Waals surface area contributed by atoms with Crippen molar-refractivity contribution in [2.24, 2.45) is 7.05 Å². The van der Waals surface area contributed by atoms with Gasteiger partial charge in [0.25, 0.3) is 0 Å². The lowest BCUT2D eigenvalue weighted by Crippen LogP contribution is -2.09. The van der Waals surface area contributed by atoms with Gasteiger partial charge in [0, 0.05) is 30.9 Å². The highest BCUT2D eigenvalue weighted by atomic mass is 35.5. The Hall–Kier alpha value is -1.40. The standard InChI is InChI=1S/C13H16ClN5S/c1-3-9-12-13(18(2)17-9)19(10(16-12)4-5-14)8-11-15-6-7-20-11/h6-7H,3-5,8H2,1-2H3. The molecule has 3 aromatic heterocycles. The zero-order valence-corrected chi connectivity index (χ0v) is 13.1. The zero-order valence-electron chi connectivity index (χ0n) is 11.5. The molecule has 106 valence electrons. The number of rotatable bonds is 5. The van der Waals surface area contributed by atoms with Gasteiger partial charge in [0.05, 0.1) is 12.2 Å². The molecule has 0 saturated heterocycles. The molecule has 0 saturated carbocycles. The SMILES string of the molecule is CCc1nn(C)c2c1nc(CCCl)n2Cc1nccs1. The molecular formula is C13H16ClN5S. The Labute approximate surface area is 126 Å². The second-order valence-electron chi connectivity index (χ2n) is 4.58. The highest BCUT2D eigenvalue weighted by molar-refractivity contribution is 7.09. The van der Waals surface area contributed by atoms with Crippen LogP contribution in [0.3, 0.4) is 0 Å². The first-order valence-electron chi connectivity index (χ1n) is 6.60. The maximum Gasteiger partial charge on any atom is 0.159 e. The monoisotopic (exact) mass is 309 g/mol. The van der Waals surface area contributed by atoms with Crippen molar-refractivity contribution in [3.05, 3.63) is 28.1 Å². The van der Waals surface area contributed by atoms with Gasteiger partial charge in [0.2, 0.25) is 0 Å². The predicted molar refractivity (Wildman–Crippen MR) is 81.5 cm³/mol. The summed E-state index contributed by atoms with van der Waals surface area (Å²) in [6, 6.07) is 0. The Morgan fingerprint density at radius 3 is 2.90 bits per heavy atom. The molecule has 5 nitrogen and oxygen atoms in total. The Morgan fingerprint density at radius 1 is 1.40 bits per heavy atom. The van der Waals surface area contributed by atoms with E-state index in [1.54, 1.807) is 11.3 Å². The van der Waals surface area contributed by atoms with E-state index in [4.69, 9.17) is 16.6 Å². The first kappa shape index (κ1) is 13.6. The fraction of sp³-hybridized carbons (Fsp3) is 0.462. The summed E-state index contributed by atoms with van der Waals surface area (Å²) in [7, 11) is 1.96. The molecule has 0 radical (unpaired) electrons. The van der Waals surface area contributed by atoms with Crippen molar-refractivity contribution in [2.45, 2.75) is 26.3 Å². The number of aryl methyl sites for hydroxylation is 3. The van der Waals surface area contributed by atoms with E-state index < -0.39 is 0 Å². The van der Waals surface area contributed by atoms with Gasteiger partial charge < -0.3 is 4.57 Å². The lowest BCUT2D eigenvalue weighted by atomic mass is 10.3. The highest BCUT2D eigenvalue weighted by Gasteiger charge is 2.18. The number of nitrogens with zero attached hydrogens (tertiary/aromatic N) is 5. The molecule has 0 unspecified atom stereocenters. The van der Waals surface area contributed by atoms with E-state index in [1.807, 2.05) is 23.3 Å². The zero-order chi connectivity index (χ0) is 14.1. The third-order valence-corrected chi connectivity index (χ3v) is 4.25. The third-order valence-electron chi connectivity index (χ3n) is 3.30. The fourth-order valence-electron chi connectivity index (χ4n) is 2.43. The summed E-state index contributed by atoms with van der Waals surface area (Å²) >= 11 is 7.56. The molecule has 0 amide bonds. The summed E-state index contributed by atoms with van der Waals surface area (Å²) in [5, 5.41) is 7.60. The number of hydrogen-bond donors (Lipinski definition) is 0. The molecule has 3 heterocycles. The summed E-state index contributed by atoms with van der Waals surface area (Å²) < 4.78 is 4.09. The van der Waals surface area contributed by atoms with Gasteiger partial charge in [-0.3, -0.25) is 4.68 Å². The molecule has 3 rings (SSSR count). The number of halogens is 1. The predicted octanol–water partition coefficient (Wildman–Crippen LogP) is 2.62. The number of thiazole rings is 1. The topological polar surface area (TPSA) is 48.5 Å². The molecule has 0 bridgehead atoms. The molecule has 3 aromatic rings. The van der Waals surface area contributed by atoms with Crippen molar-refractivity contribution >= 4 is 34.1 Å². The smallest absolute Gasteiger partial charge is 0.159 e.